The molecule has 1 aliphatic heterocycles. The third-order valence-corrected chi connectivity index (χ3v) is 6.12. The molecule has 5 nitrogen and oxygen atoms in total. The Balaban J connectivity index is 1.51. The van der Waals surface area contributed by atoms with Crippen molar-refractivity contribution in [2.75, 3.05) is 5.32 Å². The van der Waals surface area contributed by atoms with Crippen LogP contribution in [0.3, 0.4) is 0 Å². The van der Waals surface area contributed by atoms with Crippen LogP contribution < -0.4 is 10.6 Å². The van der Waals surface area contributed by atoms with E-state index in [0.717, 1.165) is 49.8 Å². The van der Waals surface area contributed by atoms with E-state index in [-0.39, 0.29) is 11.9 Å². The summed E-state index contributed by atoms with van der Waals surface area (Å²) >= 11 is 1.62. The number of benzene rings is 2. The smallest absolute Gasteiger partial charge is 0.143 e. The maximum atomic E-state index is 13.6. The van der Waals surface area contributed by atoms with Crippen molar-refractivity contribution in [2.45, 2.75) is 13.0 Å². The second-order valence-corrected chi connectivity index (χ2v) is 8.30. The lowest BCUT2D eigenvalue weighted by Gasteiger charge is -2.28. The van der Waals surface area contributed by atoms with Crippen molar-refractivity contribution in [1.82, 2.24) is 15.5 Å². The van der Waals surface area contributed by atoms with E-state index in [9.17, 15) is 4.39 Å². The summed E-state index contributed by atoms with van der Waals surface area (Å²) in [5.41, 5.74) is 5.40. The van der Waals surface area contributed by atoms with Crippen LogP contribution in [0.1, 0.15) is 23.4 Å². The van der Waals surface area contributed by atoms with Crippen molar-refractivity contribution in [3.05, 3.63) is 106 Å². The molecule has 3 N–H and O–H groups in total. The number of nitrogens with zero attached hydrogens (tertiary/aromatic N) is 2. The Morgan fingerprint density at radius 1 is 1.16 bits per heavy atom. The van der Waals surface area contributed by atoms with Gasteiger partial charge >= 0.3 is 0 Å². The van der Waals surface area contributed by atoms with Crippen LogP contribution in [0.2, 0.25) is 0 Å². The molecule has 3 heterocycles. The van der Waals surface area contributed by atoms with Gasteiger partial charge < -0.3 is 10.6 Å². The molecule has 0 saturated heterocycles. The van der Waals surface area contributed by atoms with Crippen LogP contribution in [0.5, 0.6) is 0 Å². The fourth-order valence-electron chi connectivity index (χ4n) is 3.75. The monoisotopic (exact) mass is 429 g/mol. The van der Waals surface area contributed by atoms with E-state index in [2.05, 4.69) is 27.4 Å². The molecule has 0 aliphatic carbocycles. The average Bonchev–Trinajstić information content (AvgIpc) is 3.45. The zero-order valence-electron chi connectivity index (χ0n) is 16.8. The van der Waals surface area contributed by atoms with Crippen molar-refractivity contribution < 1.29 is 4.39 Å². The molecule has 2 aromatic heterocycles. The zero-order valence-corrected chi connectivity index (χ0v) is 17.6. The van der Waals surface area contributed by atoms with Crippen molar-refractivity contribution in [3.8, 4) is 0 Å². The number of rotatable bonds is 5. The Kier molecular flexibility index (Phi) is 4.88. The average molecular weight is 430 g/mol. The number of thiophene rings is 1. The summed E-state index contributed by atoms with van der Waals surface area (Å²) in [6.07, 6.45) is 1.79. The highest BCUT2D eigenvalue weighted by molar-refractivity contribution is 7.12. The third-order valence-electron chi connectivity index (χ3n) is 5.24. The molecular weight excluding hydrogens is 409 g/mol. The Morgan fingerprint density at radius 2 is 2.00 bits per heavy atom. The molecule has 31 heavy (non-hydrogen) atoms. The van der Waals surface area contributed by atoms with Crippen LogP contribution in [0, 0.1) is 5.82 Å². The summed E-state index contributed by atoms with van der Waals surface area (Å²) in [6.45, 7) is 6.31. The van der Waals surface area contributed by atoms with Crippen molar-refractivity contribution in [1.29, 1.82) is 0 Å². The van der Waals surface area contributed by atoms with Gasteiger partial charge in [0.25, 0.3) is 0 Å². The minimum atomic E-state index is -0.309. The van der Waals surface area contributed by atoms with Gasteiger partial charge in [0.05, 0.1) is 16.6 Å². The molecule has 1 atom stereocenters. The number of nitrogens with one attached hydrogen (secondary N) is 3. The quantitative estimate of drug-likeness (QED) is 0.378. The van der Waals surface area contributed by atoms with E-state index in [4.69, 9.17) is 4.99 Å². The molecule has 7 heteroatoms. The van der Waals surface area contributed by atoms with E-state index in [1.165, 1.54) is 12.1 Å². The van der Waals surface area contributed by atoms with E-state index in [1.54, 1.807) is 29.7 Å². The molecule has 2 aromatic carbocycles. The number of hydrogen-bond donors (Lipinski definition) is 3. The minimum Gasteiger partial charge on any atom is -0.356 e. The van der Waals surface area contributed by atoms with E-state index < -0.39 is 0 Å². The van der Waals surface area contributed by atoms with Crippen LogP contribution >= 0.6 is 11.3 Å². The number of allylic oxidation sites excluding steroid dienone is 1. The Morgan fingerprint density at radius 3 is 2.77 bits per heavy atom. The predicted molar refractivity (Wildman–Crippen MR) is 125 cm³/mol. The van der Waals surface area contributed by atoms with E-state index in [1.807, 2.05) is 42.6 Å². The topological polar surface area (TPSA) is 65.1 Å². The lowest BCUT2D eigenvalue weighted by Crippen LogP contribution is -2.30. The molecule has 0 bridgehead atoms. The number of aromatic nitrogens is 2. The molecule has 0 amide bonds. The first kappa shape index (κ1) is 19.3. The van der Waals surface area contributed by atoms with E-state index in [0.29, 0.717) is 0 Å². The Labute approximate surface area is 183 Å². The number of amidine groups is 1. The molecule has 0 radical (unpaired) electrons. The van der Waals surface area contributed by atoms with Crippen molar-refractivity contribution >= 4 is 33.8 Å². The number of halogens is 1. The van der Waals surface area contributed by atoms with Crippen LogP contribution in [0.15, 0.2) is 94.7 Å². The highest BCUT2D eigenvalue weighted by Crippen LogP contribution is 2.36. The van der Waals surface area contributed by atoms with Gasteiger partial charge in [0.1, 0.15) is 17.7 Å². The van der Waals surface area contributed by atoms with Crippen LogP contribution in [0.25, 0.3) is 10.9 Å². The summed E-state index contributed by atoms with van der Waals surface area (Å²) in [5, 5.41) is 16.9. The number of aromatic amines is 1. The van der Waals surface area contributed by atoms with Crippen LogP contribution in [0.4, 0.5) is 10.1 Å². The first-order chi connectivity index (χ1) is 15.1. The van der Waals surface area contributed by atoms with Gasteiger partial charge in [-0.25, -0.2) is 4.39 Å². The molecule has 0 saturated carbocycles. The van der Waals surface area contributed by atoms with Gasteiger partial charge in [0.15, 0.2) is 0 Å². The fraction of sp³-hybridized carbons (Fsp3) is 0.0833. The maximum Gasteiger partial charge on any atom is 0.143 e. The summed E-state index contributed by atoms with van der Waals surface area (Å²) in [4.78, 5) is 6.03. The summed E-state index contributed by atoms with van der Waals surface area (Å²) < 4.78 is 13.6. The Hall–Kier alpha value is -3.71. The lowest BCUT2D eigenvalue weighted by atomic mass is 9.93. The zero-order chi connectivity index (χ0) is 21.4. The molecular formula is C24H20FN5S. The van der Waals surface area contributed by atoms with Crippen LogP contribution in [-0.2, 0) is 0 Å². The molecule has 4 aromatic rings. The summed E-state index contributed by atoms with van der Waals surface area (Å²) in [6, 6.07) is 16.2. The van der Waals surface area contributed by atoms with Crippen molar-refractivity contribution in [2.24, 2.45) is 4.99 Å². The molecule has 0 spiro atoms. The summed E-state index contributed by atoms with van der Waals surface area (Å²) in [7, 11) is 0. The largest absolute Gasteiger partial charge is 0.356 e. The molecule has 0 fully saturated rings. The SMILES string of the molecule is C=C(Nc1ccc2[nH]ncc2c1)C1=C(C)NC(c2cccs2)=NC1c1ccc(F)cc1. The van der Waals surface area contributed by atoms with Gasteiger partial charge in [-0.1, -0.05) is 24.8 Å². The third kappa shape index (κ3) is 3.75. The molecule has 5 rings (SSSR count). The number of anilines is 1. The highest BCUT2D eigenvalue weighted by Gasteiger charge is 2.27. The highest BCUT2D eigenvalue weighted by atomic mass is 32.1. The number of H-pyrrole nitrogens is 1. The van der Waals surface area contributed by atoms with Gasteiger partial charge in [0, 0.05) is 28.0 Å². The standard InChI is InChI=1S/C24H20FN5S/c1-14(27-19-9-10-20-17(12-19)13-26-30-20)22-15(2)28-24(21-4-3-11-31-21)29-23(22)16-5-7-18(25)8-6-16/h3-13,23,27H,1H2,2H3,(H,26,30)(H,28,29). The number of fused-ring (bicyclic) bond motifs is 1. The second-order valence-electron chi connectivity index (χ2n) is 7.35. The van der Waals surface area contributed by atoms with E-state index >= 15 is 0 Å². The molecule has 1 aliphatic rings. The normalized spacial score (nSPS) is 16.2. The lowest BCUT2D eigenvalue weighted by molar-refractivity contribution is 0.626. The molecule has 1 unspecified atom stereocenters. The van der Waals surface area contributed by atoms with Gasteiger partial charge in [-0.3, -0.25) is 10.1 Å². The Bertz CT molecular complexity index is 1320. The number of hydrogen-bond acceptors (Lipinski definition) is 5. The van der Waals surface area contributed by atoms with Gasteiger partial charge in [-0.2, -0.15) is 5.10 Å². The first-order valence-corrected chi connectivity index (χ1v) is 10.7. The van der Waals surface area contributed by atoms with Crippen LogP contribution in [-0.4, -0.2) is 16.0 Å². The number of aliphatic imine (C=N–C) groups is 1. The van der Waals surface area contributed by atoms with Gasteiger partial charge in [-0.15, -0.1) is 11.3 Å². The minimum absolute atomic E-state index is 0.271. The van der Waals surface area contributed by atoms with Gasteiger partial charge in [-0.05, 0) is 54.3 Å². The maximum absolute atomic E-state index is 13.6. The fourth-order valence-corrected chi connectivity index (χ4v) is 4.43. The van der Waals surface area contributed by atoms with Crippen molar-refractivity contribution in [3.63, 3.8) is 0 Å². The second kappa shape index (κ2) is 7.85. The van der Waals surface area contributed by atoms with Gasteiger partial charge in [0.2, 0.25) is 0 Å². The first-order valence-electron chi connectivity index (χ1n) is 9.83. The summed E-state index contributed by atoms with van der Waals surface area (Å²) in [5.74, 6) is 0.533. The molecule has 154 valence electrons. The predicted octanol–water partition coefficient (Wildman–Crippen LogP) is 5.75.